The Morgan fingerprint density at radius 1 is 1.00 bits per heavy atom. The number of hydrogen-bond acceptors (Lipinski definition) is 0. The van der Waals surface area contributed by atoms with Gasteiger partial charge in [0.2, 0.25) is 0 Å². The highest BCUT2D eigenvalue weighted by molar-refractivity contribution is 4.85. The standard InChI is InChI=1S/C12H22/c1-3-5-7-9-11-12-10-8-6-4-2/h4,8,10H,1,3,5-7,9,11-12H2,2H3/b10-8+. The van der Waals surface area contributed by atoms with Gasteiger partial charge in [-0.3, -0.25) is 0 Å². The lowest BCUT2D eigenvalue weighted by Crippen LogP contribution is -1.75. The minimum atomic E-state index is 1.10. The van der Waals surface area contributed by atoms with Gasteiger partial charge in [-0.2, -0.15) is 0 Å². The Morgan fingerprint density at radius 2 is 1.75 bits per heavy atom. The van der Waals surface area contributed by atoms with Crippen LogP contribution in [0, 0.1) is 13.3 Å². The smallest absolute Gasteiger partial charge is 0.0322 e. The Hall–Kier alpha value is -0.260. The molecule has 0 aliphatic rings. The summed E-state index contributed by atoms with van der Waals surface area (Å²) in [6.07, 6.45) is 15.6. The monoisotopic (exact) mass is 166 g/mol. The van der Waals surface area contributed by atoms with Gasteiger partial charge in [-0.05, 0) is 25.7 Å². The van der Waals surface area contributed by atoms with Crippen LogP contribution in [-0.2, 0) is 0 Å². The fourth-order valence-electron chi connectivity index (χ4n) is 1.14. The molecule has 2 radical (unpaired) electrons. The quantitative estimate of drug-likeness (QED) is 0.372. The highest BCUT2D eigenvalue weighted by Crippen LogP contribution is 2.05. The molecule has 0 aromatic heterocycles. The van der Waals surface area contributed by atoms with Gasteiger partial charge in [0.05, 0.1) is 0 Å². The third-order valence-corrected chi connectivity index (χ3v) is 1.91. The Labute approximate surface area is 78.1 Å². The molecule has 0 fully saturated rings. The molecule has 0 unspecified atom stereocenters. The van der Waals surface area contributed by atoms with Gasteiger partial charge in [0.25, 0.3) is 0 Å². The molecule has 12 heavy (non-hydrogen) atoms. The van der Waals surface area contributed by atoms with Crippen LogP contribution < -0.4 is 0 Å². The van der Waals surface area contributed by atoms with E-state index in [0.29, 0.717) is 0 Å². The molecule has 0 amide bonds. The third kappa shape index (κ3) is 9.74. The normalized spacial score (nSPS) is 11.2. The van der Waals surface area contributed by atoms with Gasteiger partial charge >= 0.3 is 0 Å². The zero-order valence-electron chi connectivity index (χ0n) is 8.39. The van der Waals surface area contributed by atoms with E-state index >= 15 is 0 Å². The van der Waals surface area contributed by atoms with Crippen LogP contribution in [0.5, 0.6) is 0 Å². The molecule has 0 aliphatic carbocycles. The number of allylic oxidation sites excluding steroid dienone is 2. The van der Waals surface area contributed by atoms with Crippen LogP contribution >= 0.6 is 0 Å². The number of unbranched alkanes of at least 4 members (excludes halogenated alkanes) is 6. The Balaban J connectivity index is 2.90. The number of rotatable bonds is 8. The van der Waals surface area contributed by atoms with Crippen LogP contribution in [0.4, 0.5) is 0 Å². The molecule has 0 saturated carbocycles. The summed E-state index contributed by atoms with van der Waals surface area (Å²) in [6, 6.07) is 0. The van der Waals surface area contributed by atoms with Gasteiger partial charge in [-0.1, -0.05) is 51.7 Å². The minimum absolute atomic E-state index is 1.10. The van der Waals surface area contributed by atoms with Crippen LogP contribution in [0.25, 0.3) is 0 Å². The molecule has 0 nitrogen and oxygen atoms in total. The summed E-state index contributed by atoms with van der Waals surface area (Å²) < 4.78 is 0. The van der Waals surface area contributed by atoms with Gasteiger partial charge in [0.15, 0.2) is 0 Å². The molecule has 0 bridgehead atoms. The molecule has 0 rings (SSSR count). The van der Waals surface area contributed by atoms with Crippen molar-refractivity contribution in [3.8, 4) is 0 Å². The van der Waals surface area contributed by atoms with E-state index in [4.69, 9.17) is 0 Å². The first-order valence-corrected chi connectivity index (χ1v) is 5.14. The molecule has 0 heteroatoms. The second kappa shape index (κ2) is 10.7. The SMILES string of the molecule is [CH2]CCCCCC/C=C/C[CH]C. The van der Waals surface area contributed by atoms with Crippen molar-refractivity contribution in [1.82, 2.24) is 0 Å². The van der Waals surface area contributed by atoms with E-state index in [9.17, 15) is 0 Å². The largest absolute Gasteiger partial charge is 0.0885 e. The molecule has 0 aromatic rings. The molecule has 0 N–H and O–H groups in total. The third-order valence-electron chi connectivity index (χ3n) is 1.91. The zero-order valence-corrected chi connectivity index (χ0v) is 8.39. The van der Waals surface area contributed by atoms with Crippen LogP contribution in [0.2, 0.25) is 0 Å². The zero-order chi connectivity index (χ0) is 9.07. The number of hydrogen-bond donors (Lipinski definition) is 0. The van der Waals surface area contributed by atoms with Crippen molar-refractivity contribution in [2.75, 3.05) is 0 Å². The highest BCUT2D eigenvalue weighted by atomic mass is 13.9. The van der Waals surface area contributed by atoms with Crippen molar-refractivity contribution in [1.29, 1.82) is 0 Å². The fourth-order valence-corrected chi connectivity index (χ4v) is 1.14. The lowest BCUT2D eigenvalue weighted by Gasteiger charge is -1.95. The van der Waals surface area contributed by atoms with Crippen molar-refractivity contribution in [2.24, 2.45) is 0 Å². The highest BCUT2D eigenvalue weighted by Gasteiger charge is 1.85. The van der Waals surface area contributed by atoms with E-state index in [1.807, 2.05) is 0 Å². The first-order valence-electron chi connectivity index (χ1n) is 5.14. The predicted molar refractivity (Wildman–Crippen MR) is 56.8 cm³/mol. The lowest BCUT2D eigenvalue weighted by atomic mass is 10.1. The maximum absolute atomic E-state index is 3.83. The molecular formula is C12H22. The maximum atomic E-state index is 3.83. The Bertz CT molecular complexity index is 92.2. The van der Waals surface area contributed by atoms with E-state index in [1.54, 1.807) is 0 Å². The van der Waals surface area contributed by atoms with E-state index < -0.39 is 0 Å². The van der Waals surface area contributed by atoms with Gasteiger partial charge in [-0.25, -0.2) is 0 Å². The average Bonchev–Trinajstić information content (AvgIpc) is 2.10. The summed E-state index contributed by atoms with van der Waals surface area (Å²) in [5.41, 5.74) is 0. The summed E-state index contributed by atoms with van der Waals surface area (Å²) in [5, 5.41) is 0. The second-order valence-electron chi connectivity index (χ2n) is 3.17. The van der Waals surface area contributed by atoms with E-state index in [0.717, 1.165) is 12.8 Å². The average molecular weight is 166 g/mol. The Morgan fingerprint density at radius 3 is 2.42 bits per heavy atom. The topological polar surface area (TPSA) is 0 Å². The summed E-state index contributed by atoms with van der Waals surface area (Å²) in [6.45, 7) is 5.92. The molecule has 0 aliphatic heterocycles. The van der Waals surface area contributed by atoms with E-state index in [-0.39, 0.29) is 0 Å². The first kappa shape index (κ1) is 11.7. The van der Waals surface area contributed by atoms with Crippen LogP contribution in [0.1, 0.15) is 51.9 Å². The maximum Gasteiger partial charge on any atom is -0.0322 e. The predicted octanol–water partition coefficient (Wildman–Crippen LogP) is 4.33. The van der Waals surface area contributed by atoms with Crippen LogP contribution in [0.15, 0.2) is 12.2 Å². The van der Waals surface area contributed by atoms with Gasteiger partial charge in [0.1, 0.15) is 0 Å². The molecule has 0 atom stereocenters. The second-order valence-corrected chi connectivity index (χ2v) is 3.17. The van der Waals surface area contributed by atoms with E-state index in [1.165, 1.54) is 32.1 Å². The molecule has 0 saturated heterocycles. The van der Waals surface area contributed by atoms with Gasteiger partial charge in [-0.15, -0.1) is 0 Å². The Kier molecular flexibility index (Phi) is 10.5. The summed E-state index contributed by atoms with van der Waals surface area (Å²) in [4.78, 5) is 0. The molecule has 70 valence electrons. The lowest BCUT2D eigenvalue weighted by molar-refractivity contribution is 0.651. The van der Waals surface area contributed by atoms with Crippen LogP contribution in [-0.4, -0.2) is 0 Å². The van der Waals surface area contributed by atoms with Crippen molar-refractivity contribution < 1.29 is 0 Å². The van der Waals surface area contributed by atoms with Crippen molar-refractivity contribution in [3.05, 3.63) is 25.5 Å². The van der Waals surface area contributed by atoms with Gasteiger partial charge < -0.3 is 0 Å². The first-order chi connectivity index (χ1) is 5.91. The summed E-state index contributed by atoms with van der Waals surface area (Å²) >= 11 is 0. The van der Waals surface area contributed by atoms with Crippen LogP contribution in [0.3, 0.4) is 0 Å². The summed E-state index contributed by atoms with van der Waals surface area (Å²) in [5.74, 6) is 0. The van der Waals surface area contributed by atoms with Crippen molar-refractivity contribution in [3.63, 3.8) is 0 Å². The van der Waals surface area contributed by atoms with Crippen molar-refractivity contribution in [2.45, 2.75) is 51.9 Å². The summed E-state index contributed by atoms with van der Waals surface area (Å²) in [7, 11) is 0. The van der Waals surface area contributed by atoms with E-state index in [2.05, 4.69) is 32.4 Å². The molecule has 0 spiro atoms. The minimum Gasteiger partial charge on any atom is -0.0885 e. The van der Waals surface area contributed by atoms with Gasteiger partial charge in [0, 0.05) is 0 Å². The molecular weight excluding hydrogens is 144 g/mol. The molecule has 0 aromatic carbocycles. The molecule has 0 heterocycles. The van der Waals surface area contributed by atoms with Crippen molar-refractivity contribution >= 4 is 0 Å². The fraction of sp³-hybridized carbons (Fsp3) is 0.667.